The highest BCUT2D eigenvalue weighted by Crippen LogP contribution is 2.21. The van der Waals surface area contributed by atoms with Crippen molar-refractivity contribution in [1.29, 1.82) is 0 Å². The highest BCUT2D eigenvalue weighted by Gasteiger charge is 2.24. The fourth-order valence-corrected chi connectivity index (χ4v) is 3.72. The number of aromatic hydroxyl groups is 1. The van der Waals surface area contributed by atoms with Gasteiger partial charge in [-0.1, -0.05) is 6.07 Å². The van der Waals surface area contributed by atoms with Gasteiger partial charge < -0.3 is 25.1 Å². The topological polar surface area (TPSA) is 76.1 Å². The minimum atomic E-state index is -0.0273. The van der Waals surface area contributed by atoms with Crippen molar-refractivity contribution >= 4 is 17.6 Å². The van der Waals surface area contributed by atoms with Crippen LogP contribution in [0, 0.1) is 5.92 Å². The van der Waals surface area contributed by atoms with Crippen LogP contribution < -0.4 is 10.2 Å². The Morgan fingerprint density at radius 3 is 2.62 bits per heavy atom. The van der Waals surface area contributed by atoms with Crippen LogP contribution in [0.25, 0.3) is 0 Å². The lowest BCUT2D eigenvalue weighted by Gasteiger charge is -2.37. The molecule has 1 unspecified atom stereocenters. The van der Waals surface area contributed by atoms with E-state index in [9.17, 15) is 14.7 Å². The maximum atomic E-state index is 12.4. The molecule has 7 heteroatoms. The first kappa shape index (κ1) is 18.4. The van der Waals surface area contributed by atoms with Crippen LogP contribution in [0.4, 0.5) is 10.5 Å². The van der Waals surface area contributed by atoms with Gasteiger partial charge in [-0.15, -0.1) is 0 Å². The number of nitrogens with one attached hydrogen (secondary N) is 1. The molecule has 26 heavy (non-hydrogen) atoms. The lowest BCUT2D eigenvalue weighted by molar-refractivity contribution is -0.130. The molecule has 2 aliphatic rings. The molecule has 1 aromatic carbocycles. The molecule has 0 bridgehead atoms. The van der Waals surface area contributed by atoms with Gasteiger partial charge in [0, 0.05) is 64.5 Å². The van der Waals surface area contributed by atoms with E-state index in [1.54, 1.807) is 19.1 Å². The van der Waals surface area contributed by atoms with E-state index in [-0.39, 0.29) is 17.7 Å². The Morgan fingerprint density at radius 2 is 1.92 bits per heavy atom. The van der Waals surface area contributed by atoms with Crippen LogP contribution in [0.1, 0.15) is 19.8 Å². The van der Waals surface area contributed by atoms with Crippen molar-refractivity contribution in [2.45, 2.75) is 19.8 Å². The van der Waals surface area contributed by atoms with Crippen LogP contribution in [0.5, 0.6) is 5.75 Å². The molecule has 2 N–H and O–H groups in total. The molecule has 7 nitrogen and oxygen atoms in total. The molecule has 3 amide bonds. The first-order valence-electron chi connectivity index (χ1n) is 9.35. The molecule has 2 aliphatic heterocycles. The summed E-state index contributed by atoms with van der Waals surface area (Å²) in [5, 5.41) is 12.6. The fraction of sp³-hybridized carbons (Fsp3) is 0.579. The van der Waals surface area contributed by atoms with Crippen LogP contribution >= 0.6 is 0 Å². The predicted octanol–water partition coefficient (Wildman–Crippen LogP) is 1.48. The highest BCUT2D eigenvalue weighted by atomic mass is 16.3. The third-order valence-electron chi connectivity index (χ3n) is 5.27. The summed E-state index contributed by atoms with van der Waals surface area (Å²) in [4.78, 5) is 29.8. The second kappa shape index (κ2) is 8.29. The molecule has 0 radical (unpaired) electrons. The molecule has 1 aromatic rings. The number of carbonyl (C=O) groups excluding carboxylic acids is 2. The number of likely N-dealkylation sites (tertiary alicyclic amines) is 1. The quantitative estimate of drug-likeness (QED) is 0.856. The number of carbonyl (C=O) groups is 2. The van der Waals surface area contributed by atoms with Crippen LogP contribution in [0.2, 0.25) is 0 Å². The molecule has 1 atom stereocenters. The Hall–Kier alpha value is -2.44. The van der Waals surface area contributed by atoms with E-state index in [2.05, 4.69) is 10.2 Å². The van der Waals surface area contributed by atoms with Crippen LogP contribution in [0.3, 0.4) is 0 Å². The Bertz CT molecular complexity index is 643. The van der Waals surface area contributed by atoms with E-state index in [1.165, 1.54) is 0 Å². The van der Waals surface area contributed by atoms with Gasteiger partial charge in [-0.2, -0.15) is 0 Å². The van der Waals surface area contributed by atoms with Crippen molar-refractivity contribution in [1.82, 2.24) is 15.1 Å². The molecule has 0 aliphatic carbocycles. The number of piperazine rings is 1. The second-order valence-electron chi connectivity index (χ2n) is 7.15. The monoisotopic (exact) mass is 360 g/mol. The predicted molar refractivity (Wildman–Crippen MR) is 100 cm³/mol. The van der Waals surface area contributed by atoms with E-state index in [0.717, 1.165) is 44.7 Å². The van der Waals surface area contributed by atoms with Crippen LogP contribution in [0.15, 0.2) is 24.3 Å². The minimum Gasteiger partial charge on any atom is -0.508 e. The molecule has 2 heterocycles. The zero-order valence-corrected chi connectivity index (χ0v) is 15.4. The third-order valence-corrected chi connectivity index (χ3v) is 5.27. The Morgan fingerprint density at radius 1 is 1.15 bits per heavy atom. The summed E-state index contributed by atoms with van der Waals surface area (Å²) < 4.78 is 0. The number of rotatable bonds is 3. The average molecular weight is 360 g/mol. The molecule has 0 saturated carbocycles. The summed E-state index contributed by atoms with van der Waals surface area (Å²) in [5.74, 6) is 0.712. The second-order valence-corrected chi connectivity index (χ2v) is 7.15. The van der Waals surface area contributed by atoms with Gasteiger partial charge in [0.05, 0.1) is 0 Å². The zero-order chi connectivity index (χ0) is 18.5. The summed E-state index contributed by atoms with van der Waals surface area (Å²) in [6.07, 6.45) is 2.05. The van der Waals surface area contributed by atoms with Gasteiger partial charge in [0.15, 0.2) is 0 Å². The summed E-state index contributed by atoms with van der Waals surface area (Å²) >= 11 is 0. The molecule has 2 fully saturated rings. The SMILES string of the molecule is CC(=O)N1CCCC(CNC(=O)N2CCN(c3cccc(O)c3)CC2)C1. The fourth-order valence-electron chi connectivity index (χ4n) is 3.72. The van der Waals surface area contributed by atoms with Gasteiger partial charge >= 0.3 is 6.03 Å². The molecule has 0 aromatic heterocycles. The van der Waals surface area contributed by atoms with Gasteiger partial charge in [0.1, 0.15) is 5.75 Å². The summed E-state index contributed by atoms with van der Waals surface area (Å²) in [6.45, 7) is 6.61. The van der Waals surface area contributed by atoms with Gasteiger partial charge in [-0.3, -0.25) is 4.79 Å². The van der Waals surface area contributed by atoms with Crippen molar-refractivity contribution in [2.75, 3.05) is 50.7 Å². The number of phenols is 1. The Kier molecular flexibility index (Phi) is 5.85. The van der Waals surface area contributed by atoms with Crippen LogP contribution in [-0.2, 0) is 4.79 Å². The number of phenolic OH excluding ortho intramolecular Hbond substituents is 1. The molecule has 142 valence electrons. The molecular weight excluding hydrogens is 332 g/mol. The number of piperidine rings is 1. The normalized spacial score (nSPS) is 20.8. The third kappa shape index (κ3) is 4.59. The molecule has 0 spiro atoms. The van der Waals surface area contributed by atoms with E-state index in [4.69, 9.17) is 0 Å². The maximum Gasteiger partial charge on any atom is 0.317 e. The number of hydrogen-bond acceptors (Lipinski definition) is 4. The van der Waals surface area contributed by atoms with Crippen LogP contribution in [-0.4, -0.2) is 72.7 Å². The number of hydrogen-bond donors (Lipinski definition) is 2. The highest BCUT2D eigenvalue weighted by molar-refractivity contribution is 5.75. The van der Waals surface area contributed by atoms with E-state index in [1.807, 2.05) is 21.9 Å². The standard InChI is InChI=1S/C19H28N4O3/c1-15(24)23-7-3-4-16(14-23)13-20-19(26)22-10-8-21(9-11-22)17-5-2-6-18(25)12-17/h2,5-6,12,16,25H,3-4,7-11,13-14H2,1H3,(H,20,26). The number of anilines is 1. The zero-order valence-electron chi connectivity index (χ0n) is 15.4. The van der Waals surface area contributed by atoms with E-state index in [0.29, 0.717) is 25.6 Å². The van der Waals surface area contributed by atoms with Crippen molar-refractivity contribution in [3.8, 4) is 5.75 Å². The first-order chi connectivity index (χ1) is 12.5. The van der Waals surface area contributed by atoms with Gasteiger partial charge in [0.2, 0.25) is 5.91 Å². The molecule has 2 saturated heterocycles. The maximum absolute atomic E-state index is 12.4. The van der Waals surface area contributed by atoms with Crippen molar-refractivity contribution in [3.63, 3.8) is 0 Å². The van der Waals surface area contributed by atoms with Crippen molar-refractivity contribution < 1.29 is 14.7 Å². The number of urea groups is 1. The number of nitrogens with zero attached hydrogens (tertiary/aromatic N) is 3. The molecular formula is C19H28N4O3. The van der Waals surface area contributed by atoms with Gasteiger partial charge in [-0.05, 0) is 30.9 Å². The number of benzene rings is 1. The molecule has 3 rings (SSSR count). The number of amides is 3. The lowest BCUT2D eigenvalue weighted by Crippen LogP contribution is -2.53. The van der Waals surface area contributed by atoms with Crippen molar-refractivity contribution in [3.05, 3.63) is 24.3 Å². The summed E-state index contributed by atoms with van der Waals surface area (Å²) in [5.41, 5.74) is 0.983. The largest absolute Gasteiger partial charge is 0.508 e. The van der Waals surface area contributed by atoms with E-state index >= 15 is 0 Å². The van der Waals surface area contributed by atoms with Gasteiger partial charge in [0.25, 0.3) is 0 Å². The smallest absolute Gasteiger partial charge is 0.317 e. The van der Waals surface area contributed by atoms with Crippen molar-refractivity contribution in [2.24, 2.45) is 5.92 Å². The average Bonchev–Trinajstić information content (AvgIpc) is 2.66. The summed E-state index contributed by atoms with van der Waals surface area (Å²) in [6, 6.07) is 7.18. The Balaban J connectivity index is 1.43. The Labute approximate surface area is 154 Å². The summed E-state index contributed by atoms with van der Waals surface area (Å²) in [7, 11) is 0. The minimum absolute atomic E-state index is 0.0273. The lowest BCUT2D eigenvalue weighted by atomic mass is 9.98. The first-order valence-corrected chi connectivity index (χ1v) is 9.35. The van der Waals surface area contributed by atoms with Gasteiger partial charge in [-0.25, -0.2) is 4.79 Å². The van der Waals surface area contributed by atoms with E-state index < -0.39 is 0 Å².